The van der Waals surface area contributed by atoms with E-state index in [1.54, 1.807) is 0 Å². The van der Waals surface area contributed by atoms with Crippen LogP contribution in [0.1, 0.15) is 12.8 Å². The smallest absolute Gasteiger partial charge is 0.150 e. The van der Waals surface area contributed by atoms with Gasteiger partial charge in [-0.25, -0.2) is 0 Å². The lowest BCUT2D eigenvalue weighted by atomic mass is 9.78. The van der Waals surface area contributed by atoms with Crippen LogP contribution in [0.15, 0.2) is 0 Å². The summed E-state index contributed by atoms with van der Waals surface area (Å²) < 4.78 is 0. The van der Waals surface area contributed by atoms with Gasteiger partial charge in [0.2, 0.25) is 0 Å². The quantitative estimate of drug-likeness (QED) is 0.503. The molecule has 4 fully saturated rings. The summed E-state index contributed by atoms with van der Waals surface area (Å²) in [5.41, 5.74) is 0. The number of Topliss-reactive ketones (excluding diaryl/α,β-unsaturated/α-hetero) is 1. The molecule has 1 aliphatic carbocycles. The van der Waals surface area contributed by atoms with Gasteiger partial charge in [-0.05, 0) is 24.7 Å². The Morgan fingerprint density at radius 2 is 1.82 bits per heavy atom. The predicted molar refractivity (Wildman–Crippen MR) is 41.2 cm³/mol. The maximum Gasteiger partial charge on any atom is 0.150 e. The number of hydrogen-bond acceptors (Lipinski definition) is 2. The van der Waals surface area contributed by atoms with Gasteiger partial charge in [0.15, 0.2) is 5.78 Å². The third-order valence-corrected chi connectivity index (χ3v) is 3.66. The molecule has 0 aromatic carbocycles. The molecule has 0 aromatic heterocycles. The molecule has 0 spiro atoms. The van der Waals surface area contributed by atoms with Crippen LogP contribution in [0.25, 0.3) is 0 Å². The predicted octanol–water partition coefficient (Wildman–Crippen LogP) is 0.527. The number of ketones is 1. The summed E-state index contributed by atoms with van der Waals surface area (Å²) in [5.74, 6) is 2.51. The Morgan fingerprint density at radius 3 is 2.27 bits per heavy atom. The third-order valence-electron chi connectivity index (χ3n) is 3.66. The average molecular weight is 151 g/mol. The van der Waals surface area contributed by atoms with E-state index >= 15 is 0 Å². The van der Waals surface area contributed by atoms with Crippen LogP contribution in [0.2, 0.25) is 0 Å². The molecule has 2 heteroatoms. The summed E-state index contributed by atoms with van der Waals surface area (Å²) in [7, 11) is 0. The zero-order valence-corrected chi connectivity index (χ0v) is 6.62. The molecule has 2 unspecified atom stereocenters. The molecular formula is C9H13NO. The van der Waals surface area contributed by atoms with Crippen molar-refractivity contribution >= 4 is 5.78 Å². The van der Waals surface area contributed by atoms with E-state index in [9.17, 15) is 4.79 Å². The van der Waals surface area contributed by atoms with E-state index in [2.05, 4.69) is 4.90 Å². The Labute approximate surface area is 66.6 Å². The van der Waals surface area contributed by atoms with Crippen LogP contribution in [0.5, 0.6) is 0 Å². The minimum absolute atomic E-state index is 0.486. The highest BCUT2D eigenvalue weighted by molar-refractivity contribution is 5.85. The molecule has 4 bridgehead atoms. The van der Waals surface area contributed by atoms with Crippen molar-refractivity contribution in [1.82, 2.24) is 4.90 Å². The number of piperidine rings is 3. The SMILES string of the molecule is O=C1CN2C[C@H]3CC[C@@H](C2)C13. The zero-order chi connectivity index (χ0) is 7.42. The highest BCUT2D eigenvalue weighted by Crippen LogP contribution is 2.45. The Hall–Kier alpha value is -0.370. The van der Waals surface area contributed by atoms with Gasteiger partial charge in [0.25, 0.3) is 0 Å². The molecule has 60 valence electrons. The van der Waals surface area contributed by atoms with Crippen LogP contribution in [0, 0.1) is 17.8 Å². The number of carbonyl (C=O) groups is 1. The van der Waals surface area contributed by atoms with Crippen LogP contribution in [0.3, 0.4) is 0 Å². The van der Waals surface area contributed by atoms with Crippen molar-refractivity contribution in [2.45, 2.75) is 12.8 Å². The molecule has 4 rings (SSSR count). The lowest BCUT2D eigenvalue weighted by molar-refractivity contribution is -0.135. The van der Waals surface area contributed by atoms with Crippen LogP contribution in [-0.4, -0.2) is 30.3 Å². The van der Waals surface area contributed by atoms with Gasteiger partial charge in [0.1, 0.15) is 0 Å². The van der Waals surface area contributed by atoms with Gasteiger partial charge in [-0.1, -0.05) is 0 Å². The van der Waals surface area contributed by atoms with E-state index in [0.717, 1.165) is 18.4 Å². The Kier molecular flexibility index (Phi) is 1.05. The summed E-state index contributed by atoms with van der Waals surface area (Å²) in [6, 6.07) is 0. The third kappa shape index (κ3) is 0.684. The average Bonchev–Trinajstić information content (AvgIpc) is 2.27. The van der Waals surface area contributed by atoms with Gasteiger partial charge in [-0.3, -0.25) is 9.69 Å². The molecule has 1 saturated carbocycles. The number of rotatable bonds is 0. The van der Waals surface area contributed by atoms with E-state index in [-0.39, 0.29) is 0 Å². The van der Waals surface area contributed by atoms with Crippen molar-refractivity contribution in [1.29, 1.82) is 0 Å². The molecule has 0 aromatic rings. The molecule has 11 heavy (non-hydrogen) atoms. The topological polar surface area (TPSA) is 20.3 Å². The van der Waals surface area contributed by atoms with E-state index in [0.29, 0.717) is 11.7 Å². The van der Waals surface area contributed by atoms with E-state index in [1.165, 1.54) is 25.9 Å². The lowest BCUT2D eigenvalue weighted by Crippen LogP contribution is -2.54. The molecule has 3 heterocycles. The fraction of sp³-hybridized carbons (Fsp3) is 0.889. The van der Waals surface area contributed by atoms with Gasteiger partial charge in [0.05, 0.1) is 6.54 Å². The highest BCUT2D eigenvalue weighted by Gasteiger charge is 2.49. The molecule has 3 saturated heterocycles. The second-order valence-electron chi connectivity index (χ2n) is 4.28. The van der Waals surface area contributed by atoms with Gasteiger partial charge in [0, 0.05) is 19.0 Å². The van der Waals surface area contributed by atoms with Crippen molar-refractivity contribution in [3.8, 4) is 0 Å². The first kappa shape index (κ1) is 6.18. The van der Waals surface area contributed by atoms with E-state index in [4.69, 9.17) is 0 Å². The molecular weight excluding hydrogens is 138 g/mol. The minimum atomic E-state index is 0.486. The second-order valence-corrected chi connectivity index (χ2v) is 4.28. The van der Waals surface area contributed by atoms with Gasteiger partial charge >= 0.3 is 0 Å². The van der Waals surface area contributed by atoms with Gasteiger partial charge in [-0.15, -0.1) is 0 Å². The van der Waals surface area contributed by atoms with E-state index < -0.39 is 0 Å². The number of hydrogen-bond donors (Lipinski definition) is 0. The van der Waals surface area contributed by atoms with Crippen LogP contribution < -0.4 is 0 Å². The largest absolute Gasteiger partial charge is 0.298 e. The molecule has 0 N–H and O–H groups in total. The molecule has 0 radical (unpaired) electrons. The van der Waals surface area contributed by atoms with Crippen molar-refractivity contribution in [2.24, 2.45) is 17.8 Å². The maximum absolute atomic E-state index is 11.5. The van der Waals surface area contributed by atoms with Crippen LogP contribution in [-0.2, 0) is 4.79 Å². The molecule has 3 aliphatic heterocycles. The van der Waals surface area contributed by atoms with Gasteiger partial charge < -0.3 is 0 Å². The highest BCUT2D eigenvalue weighted by atomic mass is 16.1. The second kappa shape index (κ2) is 1.86. The standard InChI is InChI=1S/C9H13NO/c11-8-5-10-3-6-1-2-7(4-10)9(6)8/h6-7,9H,1-5H2/t6-,7+,9?. The van der Waals surface area contributed by atoms with Crippen LogP contribution >= 0.6 is 0 Å². The Morgan fingerprint density at radius 1 is 1.18 bits per heavy atom. The molecule has 2 nitrogen and oxygen atoms in total. The fourth-order valence-corrected chi connectivity index (χ4v) is 3.30. The fourth-order valence-electron chi connectivity index (χ4n) is 3.30. The number of fused-ring (bicyclic) bond motifs is 1. The first-order valence-corrected chi connectivity index (χ1v) is 4.59. The first-order valence-electron chi connectivity index (χ1n) is 4.59. The summed E-state index contributed by atoms with van der Waals surface area (Å²) in [4.78, 5) is 13.8. The summed E-state index contributed by atoms with van der Waals surface area (Å²) in [6.45, 7) is 3.19. The molecule has 0 amide bonds. The van der Waals surface area contributed by atoms with Crippen molar-refractivity contribution in [3.63, 3.8) is 0 Å². The zero-order valence-electron chi connectivity index (χ0n) is 6.62. The van der Waals surface area contributed by atoms with Crippen molar-refractivity contribution < 1.29 is 4.79 Å². The minimum Gasteiger partial charge on any atom is -0.298 e. The number of carbonyl (C=O) groups excluding carboxylic acids is 1. The molecule has 4 atom stereocenters. The normalized spacial score (nSPS) is 53.6. The summed E-state index contributed by atoms with van der Waals surface area (Å²) in [6.07, 6.45) is 2.63. The number of nitrogens with zero attached hydrogens (tertiary/aromatic N) is 1. The Bertz CT molecular complexity index is 200. The van der Waals surface area contributed by atoms with Crippen molar-refractivity contribution in [2.75, 3.05) is 19.6 Å². The van der Waals surface area contributed by atoms with Crippen LogP contribution in [0.4, 0.5) is 0 Å². The summed E-state index contributed by atoms with van der Waals surface area (Å²) >= 11 is 0. The Balaban J connectivity index is 2.01. The van der Waals surface area contributed by atoms with Gasteiger partial charge in [-0.2, -0.15) is 0 Å². The first-order chi connectivity index (χ1) is 5.34. The molecule has 4 aliphatic rings. The van der Waals surface area contributed by atoms with E-state index in [1.807, 2.05) is 0 Å². The van der Waals surface area contributed by atoms with Crippen molar-refractivity contribution in [3.05, 3.63) is 0 Å². The summed E-state index contributed by atoms with van der Waals surface area (Å²) in [5, 5.41) is 0. The monoisotopic (exact) mass is 151 g/mol. The lowest BCUT2D eigenvalue weighted by Gasteiger charge is -2.43. The maximum atomic E-state index is 11.5.